The van der Waals surface area contributed by atoms with Gasteiger partial charge in [-0.25, -0.2) is 4.79 Å². The Balaban J connectivity index is 1.98. The van der Waals surface area contributed by atoms with Crippen LogP contribution < -0.4 is 15.4 Å². The number of carbonyl (C=O) groups excluding carboxylic acids is 2. The Bertz CT molecular complexity index is 871. The van der Waals surface area contributed by atoms with Gasteiger partial charge in [0.05, 0.1) is 0 Å². The van der Waals surface area contributed by atoms with E-state index in [1.807, 2.05) is 45.0 Å². The predicted octanol–water partition coefficient (Wildman–Crippen LogP) is 3.18. The van der Waals surface area contributed by atoms with Crippen LogP contribution in [0.3, 0.4) is 0 Å². The molecular weight excluding hydrogens is 360 g/mol. The number of aliphatic carboxylic acids is 1. The molecule has 0 fully saturated rings. The van der Waals surface area contributed by atoms with Crippen molar-refractivity contribution in [2.24, 2.45) is 5.41 Å². The first-order chi connectivity index (χ1) is 13.2. The van der Waals surface area contributed by atoms with Gasteiger partial charge in [0.25, 0.3) is 0 Å². The lowest BCUT2D eigenvalue weighted by Crippen LogP contribution is -2.35. The summed E-state index contributed by atoms with van der Waals surface area (Å²) in [6, 6.07) is 10.6. The number of ether oxygens (including phenoxy) is 1. The second-order valence-corrected chi connectivity index (χ2v) is 7.50. The minimum absolute atomic E-state index is 0.0455. The van der Waals surface area contributed by atoms with E-state index in [4.69, 9.17) is 9.84 Å². The van der Waals surface area contributed by atoms with E-state index in [-0.39, 0.29) is 18.2 Å². The van der Waals surface area contributed by atoms with Crippen LogP contribution in [-0.2, 0) is 14.4 Å². The number of hydrogen-bond donors (Lipinski definition) is 3. The molecule has 2 aromatic rings. The van der Waals surface area contributed by atoms with Crippen LogP contribution in [0.5, 0.6) is 5.75 Å². The Morgan fingerprint density at radius 3 is 2.36 bits per heavy atom. The van der Waals surface area contributed by atoms with Crippen LogP contribution in [0.2, 0.25) is 0 Å². The number of nitrogens with one attached hydrogen (secondary N) is 2. The van der Waals surface area contributed by atoms with Gasteiger partial charge in [0.15, 0.2) is 6.61 Å². The monoisotopic (exact) mass is 386 g/mol. The summed E-state index contributed by atoms with van der Waals surface area (Å²) < 4.78 is 5.32. The molecule has 0 aromatic heterocycles. The van der Waals surface area contributed by atoms with E-state index in [1.165, 1.54) is 0 Å². The summed E-state index contributed by atoms with van der Waals surface area (Å²) in [5.41, 5.74) is 0.174. The van der Waals surface area contributed by atoms with Crippen LogP contribution in [0.4, 0.5) is 5.69 Å². The summed E-state index contributed by atoms with van der Waals surface area (Å²) in [5.74, 6) is -0.814. The highest BCUT2D eigenvalue weighted by Crippen LogP contribution is 2.31. The third-order valence-electron chi connectivity index (χ3n) is 4.06. The smallest absolute Gasteiger partial charge is 0.341 e. The third-order valence-corrected chi connectivity index (χ3v) is 4.06. The maximum atomic E-state index is 12.3. The molecule has 2 aromatic carbocycles. The topological polar surface area (TPSA) is 105 Å². The standard InChI is InChI=1S/C21H26N2O5/c1-21(2,3)20(27)22-12-6-9-18(24)23-16-10-11-17(28-13-19(25)26)15-8-5-4-7-14(15)16/h4-5,7-8,10-11H,6,9,12-13H2,1-3H3,(H,22,27)(H,23,24)(H,25,26). The maximum Gasteiger partial charge on any atom is 0.341 e. The molecule has 2 rings (SSSR count). The van der Waals surface area contributed by atoms with Crippen LogP contribution in [0.25, 0.3) is 10.8 Å². The fraction of sp³-hybridized carbons (Fsp3) is 0.381. The van der Waals surface area contributed by atoms with Gasteiger partial charge in [-0.2, -0.15) is 0 Å². The summed E-state index contributed by atoms with van der Waals surface area (Å²) in [5, 5.41) is 16.0. The van der Waals surface area contributed by atoms with Crippen molar-refractivity contribution < 1.29 is 24.2 Å². The van der Waals surface area contributed by atoms with Crippen molar-refractivity contribution in [3.05, 3.63) is 36.4 Å². The molecule has 0 bridgehead atoms. The maximum absolute atomic E-state index is 12.3. The highest BCUT2D eigenvalue weighted by Gasteiger charge is 2.20. The van der Waals surface area contributed by atoms with Crippen LogP contribution in [0.1, 0.15) is 33.6 Å². The van der Waals surface area contributed by atoms with Crippen molar-refractivity contribution in [2.45, 2.75) is 33.6 Å². The minimum Gasteiger partial charge on any atom is -0.481 e. The summed E-state index contributed by atoms with van der Waals surface area (Å²) in [7, 11) is 0. The Morgan fingerprint density at radius 2 is 1.71 bits per heavy atom. The molecule has 0 aliphatic carbocycles. The number of carboxylic acid groups (broad SMARTS) is 1. The summed E-state index contributed by atoms with van der Waals surface area (Å²) in [6.07, 6.45) is 0.807. The number of fused-ring (bicyclic) bond motifs is 1. The molecule has 3 N–H and O–H groups in total. The molecule has 7 nitrogen and oxygen atoms in total. The van der Waals surface area contributed by atoms with Gasteiger partial charge in [0.1, 0.15) is 5.75 Å². The number of amides is 2. The highest BCUT2D eigenvalue weighted by atomic mass is 16.5. The molecule has 0 radical (unpaired) electrons. The second-order valence-electron chi connectivity index (χ2n) is 7.50. The Morgan fingerprint density at radius 1 is 1.04 bits per heavy atom. The molecule has 0 aliphatic heterocycles. The van der Waals surface area contributed by atoms with Crippen molar-refractivity contribution in [3.63, 3.8) is 0 Å². The molecule has 2 amide bonds. The first-order valence-electron chi connectivity index (χ1n) is 9.13. The largest absolute Gasteiger partial charge is 0.481 e. The van der Waals surface area contributed by atoms with Gasteiger partial charge in [-0.3, -0.25) is 9.59 Å². The van der Waals surface area contributed by atoms with Gasteiger partial charge in [0.2, 0.25) is 11.8 Å². The Labute approximate surface area is 164 Å². The zero-order valence-electron chi connectivity index (χ0n) is 16.4. The van der Waals surface area contributed by atoms with E-state index < -0.39 is 18.0 Å². The number of anilines is 1. The van der Waals surface area contributed by atoms with Crippen molar-refractivity contribution in [1.29, 1.82) is 0 Å². The van der Waals surface area contributed by atoms with Crippen molar-refractivity contribution >= 4 is 34.2 Å². The van der Waals surface area contributed by atoms with Crippen LogP contribution in [0, 0.1) is 5.41 Å². The molecule has 0 heterocycles. The average molecular weight is 386 g/mol. The number of rotatable bonds is 8. The quantitative estimate of drug-likeness (QED) is 0.605. The summed E-state index contributed by atoms with van der Waals surface area (Å²) in [4.78, 5) is 34.8. The molecule has 0 saturated heterocycles. The molecule has 0 unspecified atom stereocenters. The Hall–Kier alpha value is -3.09. The second kappa shape index (κ2) is 9.21. The van der Waals surface area contributed by atoms with E-state index in [0.29, 0.717) is 24.4 Å². The molecular formula is C21H26N2O5. The number of hydrogen-bond acceptors (Lipinski definition) is 4. The number of carbonyl (C=O) groups is 3. The van der Waals surface area contributed by atoms with Crippen LogP contribution in [-0.4, -0.2) is 36.0 Å². The first kappa shape index (κ1) is 21.2. The van der Waals surface area contributed by atoms with E-state index in [1.54, 1.807) is 12.1 Å². The van der Waals surface area contributed by atoms with Crippen molar-refractivity contribution in [1.82, 2.24) is 5.32 Å². The molecule has 0 spiro atoms. The lowest BCUT2D eigenvalue weighted by Gasteiger charge is -2.17. The van der Waals surface area contributed by atoms with Crippen LogP contribution >= 0.6 is 0 Å². The van der Waals surface area contributed by atoms with Gasteiger partial charge in [-0.15, -0.1) is 0 Å². The summed E-state index contributed by atoms with van der Waals surface area (Å²) in [6.45, 7) is 5.51. The van der Waals surface area contributed by atoms with E-state index in [2.05, 4.69) is 10.6 Å². The number of benzene rings is 2. The van der Waals surface area contributed by atoms with Crippen LogP contribution in [0.15, 0.2) is 36.4 Å². The molecule has 150 valence electrons. The molecule has 28 heavy (non-hydrogen) atoms. The van der Waals surface area contributed by atoms with Gasteiger partial charge >= 0.3 is 5.97 Å². The molecule has 0 aliphatic rings. The zero-order valence-corrected chi connectivity index (χ0v) is 16.4. The van der Waals surface area contributed by atoms with Crippen molar-refractivity contribution in [3.8, 4) is 5.75 Å². The molecule has 0 atom stereocenters. The molecule has 0 saturated carbocycles. The highest BCUT2D eigenvalue weighted by molar-refractivity contribution is 6.04. The minimum atomic E-state index is -1.06. The van der Waals surface area contributed by atoms with Gasteiger partial charge in [-0.1, -0.05) is 45.0 Å². The van der Waals surface area contributed by atoms with Gasteiger partial charge < -0.3 is 20.5 Å². The number of carboxylic acids is 1. The van der Waals surface area contributed by atoms with E-state index >= 15 is 0 Å². The lowest BCUT2D eigenvalue weighted by molar-refractivity contribution is -0.139. The zero-order chi connectivity index (χ0) is 20.7. The third kappa shape index (κ3) is 5.97. The van der Waals surface area contributed by atoms with E-state index in [9.17, 15) is 14.4 Å². The van der Waals surface area contributed by atoms with Crippen molar-refractivity contribution in [2.75, 3.05) is 18.5 Å². The SMILES string of the molecule is CC(C)(C)C(=O)NCCCC(=O)Nc1ccc(OCC(=O)O)c2ccccc12. The molecule has 7 heteroatoms. The van der Waals surface area contributed by atoms with Gasteiger partial charge in [0, 0.05) is 34.8 Å². The normalized spacial score (nSPS) is 11.1. The fourth-order valence-corrected chi connectivity index (χ4v) is 2.57. The lowest BCUT2D eigenvalue weighted by atomic mass is 9.96. The van der Waals surface area contributed by atoms with Gasteiger partial charge in [-0.05, 0) is 18.6 Å². The first-order valence-corrected chi connectivity index (χ1v) is 9.13. The summed E-state index contributed by atoms with van der Waals surface area (Å²) >= 11 is 0. The fourth-order valence-electron chi connectivity index (χ4n) is 2.57. The predicted molar refractivity (Wildman–Crippen MR) is 107 cm³/mol. The Kier molecular flexibility index (Phi) is 6.98. The van der Waals surface area contributed by atoms with E-state index in [0.717, 1.165) is 10.8 Å². The average Bonchev–Trinajstić information content (AvgIpc) is 2.63.